The molecule has 2 atom stereocenters. The summed E-state index contributed by atoms with van der Waals surface area (Å²) < 4.78 is 1.58. The lowest BCUT2D eigenvalue weighted by Crippen LogP contribution is -2.23. The van der Waals surface area contributed by atoms with Crippen molar-refractivity contribution in [1.82, 2.24) is 20.2 Å². The second-order valence-electron chi connectivity index (χ2n) is 3.77. The maximum atomic E-state index is 9.59. The summed E-state index contributed by atoms with van der Waals surface area (Å²) in [5.74, 6) is 0.996. The Kier molecular flexibility index (Phi) is 2.62. The van der Waals surface area contributed by atoms with E-state index in [2.05, 4.69) is 20.8 Å². The van der Waals surface area contributed by atoms with Gasteiger partial charge in [-0.2, -0.15) is 0 Å². The predicted molar refractivity (Wildman–Crippen MR) is 50.6 cm³/mol. The van der Waals surface area contributed by atoms with Crippen LogP contribution in [0.1, 0.15) is 19.3 Å². The Morgan fingerprint density at radius 2 is 2.43 bits per heavy atom. The lowest BCUT2D eigenvalue weighted by molar-refractivity contribution is 0.138. The molecule has 2 N–H and O–H groups in total. The van der Waals surface area contributed by atoms with Gasteiger partial charge < -0.3 is 10.4 Å². The number of hydrogen-bond donors (Lipinski definition) is 2. The van der Waals surface area contributed by atoms with Crippen LogP contribution in [0.4, 0.5) is 5.95 Å². The van der Waals surface area contributed by atoms with Crippen LogP contribution in [0.5, 0.6) is 0 Å². The Balaban J connectivity index is 1.85. The van der Waals surface area contributed by atoms with Crippen LogP contribution >= 0.6 is 0 Å². The first-order valence-corrected chi connectivity index (χ1v) is 4.91. The van der Waals surface area contributed by atoms with E-state index in [0.29, 0.717) is 11.9 Å². The Hall–Kier alpha value is -1.17. The van der Waals surface area contributed by atoms with Gasteiger partial charge in [0.1, 0.15) is 0 Å². The summed E-state index contributed by atoms with van der Waals surface area (Å²) in [5, 5.41) is 23.8. The summed E-state index contributed by atoms with van der Waals surface area (Å²) in [6.07, 6.45) is 2.96. The van der Waals surface area contributed by atoms with Crippen molar-refractivity contribution < 1.29 is 5.11 Å². The SMILES string of the molecule is Cn1nnnc1NCC1CCCC1O. The lowest BCUT2D eigenvalue weighted by atomic mass is 10.1. The van der Waals surface area contributed by atoms with E-state index in [9.17, 15) is 5.11 Å². The Labute approximate surface area is 82.3 Å². The number of nitrogens with zero attached hydrogens (tertiary/aromatic N) is 4. The van der Waals surface area contributed by atoms with Crippen LogP contribution in [-0.2, 0) is 7.05 Å². The average molecular weight is 197 g/mol. The highest BCUT2D eigenvalue weighted by atomic mass is 16.3. The van der Waals surface area contributed by atoms with Gasteiger partial charge in [0.05, 0.1) is 6.10 Å². The number of nitrogens with one attached hydrogen (secondary N) is 1. The van der Waals surface area contributed by atoms with Crippen LogP contribution < -0.4 is 5.32 Å². The summed E-state index contributed by atoms with van der Waals surface area (Å²) >= 11 is 0. The highest BCUT2D eigenvalue weighted by Crippen LogP contribution is 2.25. The van der Waals surface area contributed by atoms with Crippen molar-refractivity contribution in [3.05, 3.63) is 0 Å². The molecule has 14 heavy (non-hydrogen) atoms. The van der Waals surface area contributed by atoms with Gasteiger partial charge in [0.15, 0.2) is 0 Å². The number of tetrazole rings is 1. The highest BCUT2D eigenvalue weighted by Gasteiger charge is 2.25. The average Bonchev–Trinajstić information content (AvgIpc) is 2.72. The normalized spacial score (nSPS) is 26.7. The van der Waals surface area contributed by atoms with Gasteiger partial charge in [-0.25, -0.2) is 4.68 Å². The summed E-state index contributed by atoms with van der Waals surface area (Å²) in [6.45, 7) is 0.745. The fourth-order valence-electron chi connectivity index (χ4n) is 1.86. The van der Waals surface area contributed by atoms with Gasteiger partial charge in [-0.15, -0.1) is 0 Å². The van der Waals surface area contributed by atoms with E-state index >= 15 is 0 Å². The third-order valence-electron chi connectivity index (χ3n) is 2.76. The number of aromatic nitrogens is 4. The van der Waals surface area contributed by atoms with Crippen LogP contribution in [-0.4, -0.2) is 38.0 Å². The molecule has 1 aromatic rings. The Morgan fingerprint density at radius 3 is 3.00 bits per heavy atom. The maximum absolute atomic E-state index is 9.59. The molecule has 1 saturated carbocycles. The standard InChI is InChI=1S/C8H15N5O/c1-13-8(10-11-12-13)9-5-6-3-2-4-7(6)14/h6-7,14H,2-5H2,1H3,(H,9,10,12). The molecule has 2 rings (SSSR count). The van der Waals surface area contributed by atoms with Gasteiger partial charge in [0.2, 0.25) is 5.95 Å². The summed E-state index contributed by atoms with van der Waals surface area (Å²) in [4.78, 5) is 0. The van der Waals surface area contributed by atoms with Crippen LogP contribution in [0.3, 0.4) is 0 Å². The number of rotatable bonds is 3. The molecule has 0 spiro atoms. The van der Waals surface area contributed by atoms with Crippen molar-refractivity contribution in [3.63, 3.8) is 0 Å². The van der Waals surface area contributed by atoms with Crippen molar-refractivity contribution >= 4 is 5.95 Å². The minimum atomic E-state index is -0.163. The topological polar surface area (TPSA) is 75.9 Å². The fourth-order valence-corrected chi connectivity index (χ4v) is 1.86. The minimum absolute atomic E-state index is 0.163. The van der Waals surface area contributed by atoms with Crippen LogP contribution in [0.2, 0.25) is 0 Å². The van der Waals surface area contributed by atoms with Crippen molar-refractivity contribution in [2.45, 2.75) is 25.4 Å². The van der Waals surface area contributed by atoms with E-state index in [-0.39, 0.29) is 6.10 Å². The molecule has 1 fully saturated rings. The van der Waals surface area contributed by atoms with Crippen LogP contribution in [0.15, 0.2) is 0 Å². The quantitative estimate of drug-likeness (QED) is 0.700. The van der Waals surface area contributed by atoms with Crippen molar-refractivity contribution in [3.8, 4) is 0 Å². The summed E-state index contributed by atoms with van der Waals surface area (Å²) in [7, 11) is 1.79. The van der Waals surface area contributed by atoms with Gasteiger partial charge in [-0.1, -0.05) is 11.5 Å². The van der Waals surface area contributed by atoms with E-state index < -0.39 is 0 Å². The third kappa shape index (κ3) is 1.84. The molecule has 0 bridgehead atoms. The van der Waals surface area contributed by atoms with E-state index in [1.165, 1.54) is 0 Å². The third-order valence-corrected chi connectivity index (χ3v) is 2.76. The summed E-state index contributed by atoms with van der Waals surface area (Å²) in [5.41, 5.74) is 0. The molecule has 1 aliphatic rings. The van der Waals surface area contributed by atoms with Gasteiger partial charge in [-0.05, 0) is 23.3 Å². The van der Waals surface area contributed by atoms with E-state index in [0.717, 1.165) is 25.8 Å². The maximum Gasteiger partial charge on any atom is 0.242 e. The molecule has 2 unspecified atom stereocenters. The molecule has 0 aliphatic heterocycles. The largest absolute Gasteiger partial charge is 0.393 e. The molecule has 78 valence electrons. The van der Waals surface area contributed by atoms with Crippen LogP contribution in [0, 0.1) is 5.92 Å². The first kappa shape index (κ1) is 9.39. The zero-order chi connectivity index (χ0) is 9.97. The zero-order valence-electron chi connectivity index (χ0n) is 8.22. The first-order chi connectivity index (χ1) is 6.77. The molecule has 1 aliphatic carbocycles. The minimum Gasteiger partial charge on any atom is -0.393 e. The molecule has 6 nitrogen and oxygen atoms in total. The molecule has 0 aromatic carbocycles. The second-order valence-corrected chi connectivity index (χ2v) is 3.77. The van der Waals surface area contributed by atoms with E-state index in [1.807, 2.05) is 0 Å². The molecule has 0 amide bonds. The van der Waals surface area contributed by atoms with Gasteiger partial charge in [0.25, 0.3) is 0 Å². The number of hydrogen-bond acceptors (Lipinski definition) is 5. The van der Waals surface area contributed by atoms with E-state index in [4.69, 9.17) is 0 Å². The monoisotopic (exact) mass is 197 g/mol. The molecule has 0 saturated heterocycles. The predicted octanol–water partition coefficient (Wildman–Crippen LogP) is -0.217. The van der Waals surface area contributed by atoms with Crippen molar-refractivity contribution in [2.24, 2.45) is 13.0 Å². The van der Waals surface area contributed by atoms with Gasteiger partial charge in [0, 0.05) is 19.5 Å². The molecule has 0 radical (unpaired) electrons. The number of aliphatic hydroxyl groups excluding tert-OH is 1. The van der Waals surface area contributed by atoms with E-state index in [1.54, 1.807) is 11.7 Å². The first-order valence-electron chi connectivity index (χ1n) is 4.91. The zero-order valence-corrected chi connectivity index (χ0v) is 8.22. The highest BCUT2D eigenvalue weighted by molar-refractivity contribution is 5.21. The fraction of sp³-hybridized carbons (Fsp3) is 0.875. The van der Waals surface area contributed by atoms with Crippen molar-refractivity contribution in [2.75, 3.05) is 11.9 Å². The van der Waals surface area contributed by atoms with Crippen LogP contribution in [0.25, 0.3) is 0 Å². The molecular formula is C8H15N5O. The van der Waals surface area contributed by atoms with Gasteiger partial charge >= 0.3 is 0 Å². The number of aliphatic hydroxyl groups is 1. The second kappa shape index (κ2) is 3.91. The summed E-state index contributed by atoms with van der Waals surface area (Å²) in [6, 6.07) is 0. The Morgan fingerprint density at radius 1 is 1.57 bits per heavy atom. The van der Waals surface area contributed by atoms with Gasteiger partial charge in [-0.3, -0.25) is 0 Å². The van der Waals surface area contributed by atoms with Crippen molar-refractivity contribution in [1.29, 1.82) is 0 Å². The molecular weight excluding hydrogens is 182 g/mol. The molecule has 1 aromatic heterocycles. The number of aryl methyl sites for hydroxylation is 1. The number of anilines is 1. The molecule has 1 heterocycles. The lowest BCUT2D eigenvalue weighted by Gasteiger charge is -2.14. The molecule has 6 heteroatoms. The Bertz CT molecular complexity index is 300. The smallest absolute Gasteiger partial charge is 0.242 e.